The lowest BCUT2D eigenvalue weighted by atomic mass is 10.1. The molecule has 0 aliphatic rings. The molecular weight excluding hydrogens is 236 g/mol. The van der Waals surface area contributed by atoms with E-state index in [1.165, 1.54) is 24.2 Å². The highest BCUT2D eigenvalue weighted by molar-refractivity contribution is 7.17. The highest BCUT2D eigenvalue weighted by atomic mass is 32.1. The van der Waals surface area contributed by atoms with Gasteiger partial charge < -0.3 is 10.6 Å². The first kappa shape index (κ1) is 13.9. The van der Waals surface area contributed by atoms with Crippen molar-refractivity contribution in [2.24, 2.45) is 0 Å². The van der Waals surface area contributed by atoms with E-state index in [0.717, 1.165) is 12.8 Å². The summed E-state index contributed by atoms with van der Waals surface area (Å²) in [6, 6.07) is 0.191. The van der Waals surface area contributed by atoms with Gasteiger partial charge in [-0.3, -0.25) is 4.79 Å². The van der Waals surface area contributed by atoms with Crippen LogP contribution in [0.25, 0.3) is 0 Å². The summed E-state index contributed by atoms with van der Waals surface area (Å²) in [6.07, 6.45) is 4.57. The van der Waals surface area contributed by atoms with Crippen molar-refractivity contribution >= 4 is 22.4 Å². The van der Waals surface area contributed by atoms with E-state index in [1.807, 2.05) is 6.92 Å². The van der Waals surface area contributed by atoms with Crippen molar-refractivity contribution in [1.29, 1.82) is 0 Å². The minimum Gasteiger partial charge on any atom is -0.363 e. The largest absolute Gasteiger partial charge is 0.363 e. The summed E-state index contributed by atoms with van der Waals surface area (Å²) in [5.41, 5.74) is 0. The number of carbonyl (C=O) groups excluding carboxylic acids is 1. The summed E-state index contributed by atoms with van der Waals surface area (Å²) >= 11 is 1.27. The van der Waals surface area contributed by atoms with E-state index in [2.05, 4.69) is 27.8 Å². The first-order chi connectivity index (χ1) is 8.17. The van der Waals surface area contributed by atoms with Gasteiger partial charge in [0.05, 0.1) is 0 Å². The average molecular weight is 256 g/mol. The summed E-state index contributed by atoms with van der Waals surface area (Å²) in [5, 5.41) is 14.5. The van der Waals surface area contributed by atoms with E-state index in [-0.39, 0.29) is 11.9 Å². The van der Waals surface area contributed by atoms with Gasteiger partial charge in [0.25, 0.3) is 5.91 Å². The predicted molar refractivity (Wildman–Crippen MR) is 70.5 cm³/mol. The molecule has 1 atom stereocenters. The smallest absolute Gasteiger partial charge is 0.282 e. The van der Waals surface area contributed by atoms with E-state index in [0.29, 0.717) is 10.1 Å². The third-order valence-corrected chi connectivity index (χ3v) is 3.39. The van der Waals surface area contributed by atoms with Gasteiger partial charge in [0, 0.05) is 13.1 Å². The number of nitrogens with one attached hydrogen (secondary N) is 2. The molecule has 0 radical (unpaired) electrons. The lowest BCUT2D eigenvalue weighted by Gasteiger charge is -2.11. The zero-order valence-corrected chi connectivity index (χ0v) is 11.4. The number of nitrogens with zero attached hydrogens (tertiary/aromatic N) is 2. The average Bonchev–Trinajstić information content (AvgIpc) is 2.78. The third-order valence-electron chi connectivity index (χ3n) is 2.45. The van der Waals surface area contributed by atoms with Gasteiger partial charge >= 0.3 is 0 Å². The number of rotatable bonds is 7. The highest BCUT2D eigenvalue weighted by Crippen LogP contribution is 2.14. The maximum atomic E-state index is 11.8. The van der Waals surface area contributed by atoms with Gasteiger partial charge in [-0.15, -0.1) is 10.2 Å². The van der Waals surface area contributed by atoms with Gasteiger partial charge in [-0.25, -0.2) is 0 Å². The van der Waals surface area contributed by atoms with Crippen molar-refractivity contribution in [3.63, 3.8) is 0 Å². The first-order valence-corrected chi connectivity index (χ1v) is 6.81. The number of anilines is 1. The van der Waals surface area contributed by atoms with Crippen molar-refractivity contribution in [3.8, 4) is 0 Å². The van der Waals surface area contributed by atoms with Crippen LogP contribution in [0.1, 0.15) is 49.3 Å². The summed E-state index contributed by atoms with van der Waals surface area (Å²) in [5.74, 6) is -0.131. The molecule has 0 aromatic carbocycles. The molecule has 1 rings (SSSR count). The molecule has 6 heteroatoms. The molecule has 0 saturated heterocycles. The Morgan fingerprint density at radius 2 is 2.18 bits per heavy atom. The molecule has 0 fully saturated rings. The lowest BCUT2D eigenvalue weighted by Crippen LogP contribution is -2.32. The van der Waals surface area contributed by atoms with Crippen LogP contribution in [-0.4, -0.2) is 29.2 Å². The molecule has 1 aromatic rings. The van der Waals surface area contributed by atoms with Crippen LogP contribution < -0.4 is 10.6 Å². The Bertz CT molecular complexity index is 353. The fourth-order valence-corrected chi connectivity index (χ4v) is 2.07. The fourth-order valence-electron chi connectivity index (χ4n) is 1.47. The van der Waals surface area contributed by atoms with Crippen molar-refractivity contribution < 1.29 is 4.79 Å². The molecule has 1 amide bonds. The Kier molecular flexibility index (Phi) is 5.90. The van der Waals surface area contributed by atoms with Crippen molar-refractivity contribution in [1.82, 2.24) is 15.5 Å². The molecule has 0 saturated carbocycles. The van der Waals surface area contributed by atoms with Crippen LogP contribution in [0.2, 0.25) is 0 Å². The monoisotopic (exact) mass is 256 g/mol. The van der Waals surface area contributed by atoms with Gasteiger partial charge in [-0.2, -0.15) is 0 Å². The van der Waals surface area contributed by atoms with Crippen LogP contribution in [0.15, 0.2) is 0 Å². The van der Waals surface area contributed by atoms with Gasteiger partial charge in [0.15, 0.2) is 0 Å². The number of amides is 1. The normalized spacial score (nSPS) is 12.2. The van der Waals surface area contributed by atoms with E-state index in [9.17, 15) is 4.79 Å². The molecule has 0 spiro atoms. The Labute approximate surface area is 106 Å². The maximum absolute atomic E-state index is 11.8. The molecule has 5 nitrogen and oxygen atoms in total. The van der Waals surface area contributed by atoms with Crippen LogP contribution in [-0.2, 0) is 0 Å². The number of aromatic nitrogens is 2. The van der Waals surface area contributed by atoms with Gasteiger partial charge in [-0.05, 0) is 13.3 Å². The van der Waals surface area contributed by atoms with E-state index in [4.69, 9.17) is 0 Å². The molecule has 0 aliphatic carbocycles. The number of carbonyl (C=O) groups is 1. The molecule has 0 aliphatic heterocycles. The summed E-state index contributed by atoms with van der Waals surface area (Å²) < 4.78 is 0. The second-order valence-corrected chi connectivity index (χ2v) is 5.01. The fraction of sp³-hybridized carbons (Fsp3) is 0.727. The minimum absolute atomic E-state index is 0.131. The topological polar surface area (TPSA) is 66.9 Å². The molecule has 96 valence electrons. The Balaban J connectivity index is 2.37. The first-order valence-electron chi connectivity index (χ1n) is 5.99. The second-order valence-electron chi connectivity index (χ2n) is 4.03. The van der Waals surface area contributed by atoms with Crippen LogP contribution in [0.5, 0.6) is 0 Å². The number of unbranched alkanes of at least 4 members (excludes halogenated alkanes) is 2. The predicted octanol–water partition coefficient (Wildman–Crippen LogP) is 2.28. The lowest BCUT2D eigenvalue weighted by molar-refractivity contribution is 0.0937. The van der Waals surface area contributed by atoms with Gasteiger partial charge in [0.1, 0.15) is 0 Å². The standard InChI is InChI=1S/C11H20N4OS/c1-4-5-6-7-8(2)13-9(16)10-14-15-11(12-3)17-10/h8H,4-7H2,1-3H3,(H,12,15)(H,13,16). The quantitative estimate of drug-likeness (QED) is 0.734. The number of hydrogen-bond acceptors (Lipinski definition) is 5. The molecule has 1 heterocycles. The van der Waals surface area contributed by atoms with Crippen LogP contribution in [0, 0.1) is 0 Å². The summed E-state index contributed by atoms with van der Waals surface area (Å²) in [7, 11) is 1.76. The number of hydrogen-bond donors (Lipinski definition) is 2. The molecule has 0 bridgehead atoms. The SMILES string of the molecule is CCCCCC(C)NC(=O)c1nnc(NC)s1. The maximum Gasteiger partial charge on any atom is 0.282 e. The second kappa shape index (κ2) is 7.21. The van der Waals surface area contributed by atoms with E-state index >= 15 is 0 Å². The summed E-state index contributed by atoms with van der Waals surface area (Å²) in [6.45, 7) is 4.19. The van der Waals surface area contributed by atoms with Crippen molar-refractivity contribution in [2.75, 3.05) is 12.4 Å². The molecule has 17 heavy (non-hydrogen) atoms. The Morgan fingerprint density at radius 1 is 1.41 bits per heavy atom. The third kappa shape index (κ3) is 4.68. The molecule has 2 N–H and O–H groups in total. The Hall–Kier alpha value is -1.17. The summed E-state index contributed by atoms with van der Waals surface area (Å²) in [4.78, 5) is 11.8. The zero-order valence-electron chi connectivity index (χ0n) is 10.6. The zero-order chi connectivity index (χ0) is 12.7. The van der Waals surface area contributed by atoms with Crippen molar-refractivity contribution in [2.45, 2.75) is 45.6 Å². The van der Waals surface area contributed by atoms with Gasteiger partial charge in [0.2, 0.25) is 10.1 Å². The van der Waals surface area contributed by atoms with Crippen LogP contribution in [0.4, 0.5) is 5.13 Å². The Morgan fingerprint density at radius 3 is 2.76 bits per heavy atom. The van der Waals surface area contributed by atoms with E-state index < -0.39 is 0 Å². The van der Waals surface area contributed by atoms with Gasteiger partial charge in [-0.1, -0.05) is 37.5 Å². The van der Waals surface area contributed by atoms with Crippen LogP contribution >= 0.6 is 11.3 Å². The molecule has 1 unspecified atom stereocenters. The molecular formula is C11H20N4OS. The minimum atomic E-state index is -0.131. The van der Waals surface area contributed by atoms with Crippen LogP contribution in [0.3, 0.4) is 0 Å². The highest BCUT2D eigenvalue weighted by Gasteiger charge is 2.14. The molecule has 1 aromatic heterocycles. The van der Waals surface area contributed by atoms with Crippen molar-refractivity contribution in [3.05, 3.63) is 5.01 Å². The van der Waals surface area contributed by atoms with E-state index in [1.54, 1.807) is 7.05 Å².